The van der Waals surface area contributed by atoms with Gasteiger partial charge in [0.1, 0.15) is 37.4 Å². The molecule has 0 fully saturated rings. The van der Waals surface area contributed by atoms with E-state index in [1.54, 1.807) is 18.2 Å². The van der Waals surface area contributed by atoms with Gasteiger partial charge in [-0.1, -0.05) is 6.07 Å². The average molecular weight is 490 g/mol. The zero-order chi connectivity index (χ0) is 25.0. The lowest BCUT2D eigenvalue weighted by molar-refractivity contribution is -0.168. The van der Waals surface area contributed by atoms with Crippen molar-refractivity contribution in [2.75, 3.05) is 46.1 Å². The Hall–Kier alpha value is -4.19. The first kappa shape index (κ1) is 25.4. The normalized spacial score (nSPS) is 12.8. The molecule has 12 nitrogen and oxygen atoms in total. The highest BCUT2D eigenvalue weighted by molar-refractivity contribution is 6.28. The molecule has 1 aliphatic heterocycles. The molecule has 0 spiro atoms. The molecular formula is C23H26N2O10. The van der Waals surface area contributed by atoms with Gasteiger partial charge in [-0.25, -0.2) is 9.59 Å². The zero-order valence-corrected chi connectivity index (χ0v) is 18.7. The molecule has 2 aromatic rings. The van der Waals surface area contributed by atoms with E-state index < -0.39 is 18.0 Å². The first-order valence-electron chi connectivity index (χ1n) is 10.8. The summed E-state index contributed by atoms with van der Waals surface area (Å²) in [6.45, 7) is 1.06. The molecule has 1 heterocycles. The number of hydrogen-bond donors (Lipinski definition) is 4. The fourth-order valence-electron chi connectivity index (χ4n) is 2.98. The Kier molecular flexibility index (Phi) is 9.37. The molecule has 0 radical (unpaired) electrons. The van der Waals surface area contributed by atoms with Gasteiger partial charge >= 0.3 is 11.9 Å². The molecule has 1 unspecified atom stereocenters. The van der Waals surface area contributed by atoms with Crippen LogP contribution < -0.4 is 29.6 Å². The maximum atomic E-state index is 11.9. The summed E-state index contributed by atoms with van der Waals surface area (Å²) >= 11 is 0. The largest absolute Gasteiger partial charge is 0.508 e. The molecule has 0 saturated carbocycles. The molecule has 0 saturated heterocycles. The highest BCUT2D eigenvalue weighted by Crippen LogP contribution is 2.38. The molecule has 4 N–H and O–H groups in total. The maximum Gasteiger partial charge on any atom is 0.417 e. The van der Waals surface area contributed by atoms with E-state index in [0.717, 1.165) is 0 Å². The summed E-state index contributed by atoms with van der Waals surface area (Å²) in [7, 11) is 0. The summed E-state index contributed by atoms with van der Waals surface area (Å²) in [4.78, 5) is 34.3. The number of hydrogen-bond acceptors (Lipinski definition) is 10. The van der Waals surface area contributed by atoms with Crippen LogP contribution in [0.2, 0.25) is 0 Å². The molecule has 3 rings (SSSR count). The third kappa shape index (κ3) is 8.27. The van der Waals surface area contributed by atoms with Gasteiger partial charge in [-0.05, 0) is 36.4 Å². The maximum absolute atomic E-state index is 11.9. The van der Waals surface area contributed by atoms with Crippen LogP contribution >= 0.6 is 0 Å². The van der Waals surface area contributed by atoms with Crippen molar-refractivity contribution in [2.24, 2.45) is 0 Å². The second kappa shape index (κ2) is 12.9. The van der Waals surface area contributed by atoms with E-state index in [1.807, 2.05) is 0 Å². The van der Waals surface area contributed by atoms with Crippen molar-refractivity contribution in [2.45, 2.75) is 6.10 Å². The lowest BCUT2D eigenvalue weighted by Crippen LogP contribution is -2.40. The van der Waals surface area contributed by atoms with E-state index in [0.29, 0.717) is 42.8 Å². The fourth-order valence-corrected chi connectivity index (χ4v) is 2.98. The summed E-state index contributed by atoms with van der Waals surface area (Å²) in [6, 6.07) is 11.1. The Bertz CT molecular complexity index is 1010. The van der Waals surface area contributed by atoms with E-state index in [1.165, 1.54) is 24.3 Å². The van der Waals surface area contributed by atoms with Crippen LogP contribution in [0, 0.1) is 0 Å². The van der Waals surface area contributed by atoms with E-state index in [9.17, 15) is 19.5 Å². The van der Waals surface area contributed by atoms with Crippen LogP contribution in [-0.4, -0.2) is 80.2 Å². The number of ether oxygens (including phenoxy) is 5. The van der Waals surface area contributed by atoms with Gasteiger partial charge in [0.05, 0.1) is 0 Å². The van der Waals surface area contributed by atoms with Crippen molar-refractivity contribution >= 4 is 17.8 Å². The van der Waals surface area contributed by atoms with Crippen molar-refractivity contribution in [1.29, 1.82) is 0 Å². The van der Waals surface area contributed by atoms with Gasteiger partial charge < -0.3 is 44.5 Å². The second-order valence-electron chi connectivity index (χ2n) is 7.26. The van der Waals surface area contributed by atoms with Gasteiger partial charge in [0.15, 0.2) is 18.1 Å². The summed E-state index contributed by atoms with van der Waals surface area (Å²) < 4.78 is 27.0. The van der Waals surface area contributed by atoms with E-state index >= 15 is 0 Å². The van der Waals surface area contributed by atoms with Gasteiger partial charge in [0.25, 0.3) is 5.91 Å². The molecule has 0 aromatic heterocycles. The van der Waals surface area contributed by atoms with Gasteiger partial charge in [0, 0.05) is 19.6 Å². The number of phenolic OH excluding ortho intramolecular Hbond substituents is 1. The van der Waals surface area contributed by atoms with Crippen molar-refractivity contribution in [3.63, 3.8) is 0 Å². The Labute approximate surface area is 200 Å². The van der Waals surface area contributed by atoms with Crippen molar-refractivity contribution in [1.82, 2.24) is 10.6 Å². The van der Waals surface area contributed by atoms with E-state index in [-0.39, 0.29) is 38.0 Å². The molecule has 188 valence electrons. The SMILES string of the molecule is O=C(COc1ccc(O)cc1)NCCNCC(COc1cccc2c1OCCO2)OC(=O)C(=O)O. The minimum Gasteiger partial charge on any atom is -0.508 e. The highest BCUT2D eigenvalue weighted by Gasteiger charge is 2.22. The molecule has 35 heavy (non-hydrogen) atoms. The number of carbonyl (C=O) groups excluding carboxylic acids is 2. The second-order valence-corrected chi connectivity index (χ2v) is 7.26. The van der Waals surface area contributed by atoms with E-state index in [2.05, 4.69) is 10.6 Å². The summed E-state index contributed by atoms with van der Waals surface area (Å²) in [5.74, 6) is -1.62. The van der Waals surface area contributed by atoms with Crippen LogP contribution in [0.3, 0.4) is 0 Å². The molecule has 0 bridgehead atoms. The van der Waals surface area contributed by atoms with Crippen LogP contribution in [-0.2, 0) is 19.1 Å². The number of aliphatic carboxylic acids is 1. The minimum absolute atomic E-state index is 0.0747. The first-order valence-corrected chi connectivity index (χ1v) is 10.8. The monoisotopic (exact) mass is 490 g/mol. The molecule has 0 aliphatic carbocycles. The number of rotatable bonds is 12. The lowest BCUT2D eigenvalue weighted by atomic mass is 10.2. The predicted octanol–water partition coefficient (Wildman–Crippen LogP) is 0.323. The number of para-hydroxylation sites is 1. The summed E-state index contributed by atoms with van der Waals surface area (Å²) in [5.41, 5.74) is 0. The third-order valence-corrected chi connectivity index (χ3v) is 4.61. The van der Waals surface area contributed by atoms with Crippen molar-refractivity contribution < 1.29 is 48.3 Å². The number of carbonyl (C=O) groups is 3. The van der Waals surface area contributed by atoms with Crippen LogP contribution in [0.25, 0.3) is 0 Å². The standard InChI is InChI=1S/C23H26N2O10/c26-15-4-6-16(7-5-15)33-14-20(27)25-9-8-24-12-17(35-23(30)22(28)29)13-34-19-3-1-2-18-21(19)32-11-10-31-18/h1-7,17,24,26H,8-14H2,(H,25,27)(H,28,29). The number of carboxylic acids is 1. The fraction of sp³-hybridized carbons (Fsp3) is 0.348. The molecule has 12 heteroatoms. The van der Waals surface area contributed by atoms with Gasteiger partial charge in [-0.15, -0.1) is 0 Å². The predicted molar refractivity (Wildman–Crippen MR) is 120 cm³/mol. The zero-order valence-electron chi connectivity index (χ0n) is 18.7. The number of nitrogens with one attached hydrogen (secondary N) is 2. The third-order valence-electron chi connectivity index (χ3n) is 4.61. The minimum atomic E-state index is -1.72. The van der Waals surface area contributed by atoms with Crippen LogP contribution in [0.1, 0.15) is 0 Å². The number of aromatic hydroxyl groups is 1. The number of carboxylic acid groups (broad SMARTS) is 1. The Morgan fingerprint density at radius 3 is 2.54 bits per heavy atom. The van der Waals surface area contributed by atoms with E-state index in [4.69, 9.17) is 28.8 Å². The molecule has 2 aromatic carbocycles. The number of esters is 1. The van der Waals surface area contributed by atoms with Crippen LogP contribution in [0.4, 0.5) is 0 Å². The summed E-state index contributed by atoms with van der Waals surface area (Å²) in [5, 5.41) is 23.7. The Morgan fingerprint density at radius 2 is 1.77 bits per heavy atom. The quantitative estimate of drug-likeness (QED) is 0.184. The molecule has 1 aliphatic rings. The number of phenols is 1. The van der Waals surface area contributed by atoms with Crippen LogP contribution in [0.5, 0.6) is 28.7 Å². The van der Waals surface area contributed by atoms with Gasteiger partial charge in [-0.2, -0.15) is 0 Å². The number of fused-ring (bicyclic) bond motifs is 1. The highest BCUT2D eigenvalue weighted by atomic mass is 16.6. The average Bonchev–Trinajstić information content (AvgIpc) is 2.86. The first-order chi connectivity index (χ1) is 16.9. The molecule has 1 atom stereocenters. The number of amides is 1. The lowest BCUT2D eigenvalue weighted by Gasteiger charge is -2.22. The van der Waals surface area contributed by atoms with Gasteiger partial charge in [0.2, 0.25) is 5.75 Å². The molecular weight excluding hydrogens is 464 g/mol. The number of benzene rings is 2. The molecule has 1 amide bonds. The summed E-state index contributed by atoms with van der Waals surface area (Å²) in [6.07, 6.45) is -0.924. The van der Waals surface area contributed by atoms with Crippen molar-refractivity contribution in [3.8, 4) is 28.7 Å². The van der Waals surface area contributed by atoms with Crippen LogP contribution in [0.15, 0.2) is 42.5 Å². The Balaban J connectivity index is 1.41. The van der Waals surface area contributed by atoms with Crippen molar-refractivity contribution in [3.05, 3.63) is 42.5 Å². The Morgan fingerprint density at radius 1 is 1.00 bits per heavy atom. The van der Waals surface area contributed by atoms with Gasteiger partial charge in [-0.3, -0.25) is 4.79 Å². The smallest absolute Gasteiger partial charge is 0.417 e. The topological polar surface area (TPSA) is 162 Å².